The molecule has 5 nitrogen and oxygen atoms in total. The number of hydrogen-bond acceptors (Lipinski definition) is 4. The number of alkyl halides is 3. The van der Waals surface area contributed by atoms with Gasteiger partial charge in [-0.05, 0) is 24.7 Å². The first-order valence-corrected chi connectivity index (χ1v) is 7.05. The summed E-state index contributed by atoms with van der Waals surface area (Å²) < 4.78 is 40.3. The molecule has 2 atom stereocenters. The van der Waals surface area contributed by atoms with E-state index in [4.69, 9.17) is 0 Å². The minimum absolute atomic E-state index is 0.00288. The Hall–Kier alpha value is -1.86. The second-order valence-corrected chi connectivity index (χ2v) is 5.83. The van der Waals surface area contributed by atoms with Crippen molar-refractivity contribution in [2.75, 3.05) is 18.0 Å². The van der Waals surface area contributed by atoms with Crippen LogP contribution < -0.4 is 4.90 Å². The normalized spacial score (nSPS) is 25.8. The molecule has 0 N–H and O–H groups in total. The van der Waals surface area contributed by atoms with Gasteiger partial charge in [-0.1, -0.05) is 6.42 Å². The molecule has 1 aliphatic heterocycles. The number of halogens is 3. The number of aromatic nitrogens is 4. The number of anilines is 1. The van der Waals surface area contributed by atoms with E-state index in [0.29, 0.717) is 17.7 Å². The van der Waals surface area contributed by atoms with Gasteiger partial charge >= 0.3 is 6.18 Å². The molecule has 3 heterocycles. The minimum atomic E-state index is -4.47. The monoisotopic (exact) mass is 297 g/mol. The van der Waals surface area contributed by atoms with Gasteiger partial charge in [-0.2, -0.15) is 27.8 Å². The molecular weight excluding hydrogens is 283 g/mol. The maximum Gasteiger partial charge on any atom is 0.433 e. The zero-order valence-corrected chi connectivity index (χ0v) is 11.2. The molecule has 1 aliphatic carbocycles. The molecule has 0 unspecified atom stereocenters. The Bertz CT molecular complexity index is 668. The van der Waals surface area contributed by atoms with E-state index in [2.05, 4.69) is 15.1 Å². The number of hydrogen-bond donors (Lipinski definition) is 0. The van der Waals surface area contributed by atoms with Crippen LogP contribution in [0, 0.1) is 11.8 Å². The number of nitrogens with zero attached hydrogens (tertiary/aromatic N) is 5. The Morgan fingerprint density at radius 1 is 1.14 bits per heavy atom. The van der Waals surface area contributed by atoms with Gasteiger partial charge in [0, 0.05) is 19.2 Å². The van der Waals surface area contributed by atoms with Crippen molar-refractivity contribution in [1.29, 1.82) is 0 Å². The van der Waals surface area contributed by atoms with Crippen LogP contribution in [0.2, 0.25) is 0 Å². The van der Waals surface area contributed by atoms with Crippen molar-refractivity contribution in [3.8, 4) is 0 Å². The maximum atomic E-state index is 13.0. The van der Waals surface area contributed by atoms with Gasteiger partial charge < -0.3 is 4.90 Å². The Morgan fingerprint density at radius 3 is 2.52 bits per heavy atom. The summed E-state index contributed by atoms with van der Waals surface area (Å²) in [6, 6.07) is 1.09. The molecule has 1 saturated heterocycles. The van der Waals surface area contributed by atoms with E-state index < -0.39 is 11.9 Å². The molecule has 2 aliphatic rings. The minimum Gasteiger partial charge on any atom is -0.356 e. The molecule has 2 aromatic rings. The highest BCUT2D eigenvalue weighted by Gasteiger charge is 2.39. The summed E-state index contributed by atoms with van der Waals surface area (Å²) >= 11 is 0. The highest BCUT2D eigenvalue weighted by Crippen LogP contribution is 2.40. The molecular formula is C13H14F3N5. The summed E-state index contributed by atoms with van der Waals surface area (Å²) in [5.41, 5.74) is -0.907. The topological polar surface area (TPSA) is 46.3 Å². The molecule has 2 aromatic heterocycles. The van der Waals surface area contributed by atoms with Crippen LogP contribution in [0.1, 0.15) is 25.0 Å². The molecule has 0 radical (unpaired) electrons. The molecule has 0 spiro atoms. The highest BCUT2D eigenvalue weighted by atomic mass is 19.4. The Morgan fingerprint density at radius 2 is 1.86 bits per heavy atom. The van der Waals surface area contributed by atoms with Crippen molar-refractivity contribution in [1.82, 2.24) is 19.6 Å². The van der Waals surface area contributed by atoms with Gasteiger partial charge in [0.05, 0.1) is 0 Å². The third-order valence-electron chi connectivity index (χ3n) is 4.57. The Balaban J connectivity index is 1.78. The van der Waals surface area contributed by atoms with E-state index >= 15 is 0 Å². The zero-order valence-electron chi connectivity index (χ0n) is 11.2. The van der Waals surface area contributed by atoms with E-state index in [1.165, 1.54) is 30.1 Å². The molecule has 8 heteroatoms. The van der Waals surface area contributed by atoms with Crippen molar-refractivity contribution >= 4 is 11.6 Å². The average Bonchev–Trinajstić information content (AvgIpc) is 3.11. The fourth-order valence-corrected chi connectivity index (χ4v) is 3.59. The van der Waals surface area contributed by atoms with Crippen LogP contribution in [0.3, 0.4) is 0 Å². The third-order valence-corrected chi connectivity index (χ3v) is 4.57. The smallest absolute Gasteiger partial charge is 0.356 e. The fraction of sp³-hybridized carbons (Fsp3) is 0.615. The highest BCUT2D eigenvalue weighted by molar-refractivity contribution is 5.49. The van der Waals surface area contributed by atoms with Crippen LogP contribution >= 0.6 is 0 Å². The van der Waals surface area contributed by atoms with Gasteiger partial charge in [0.1, 0.15) is 12.1 Å². The Kier molecular flexibility index (Phi) is 2.64. The van der Waals surface area contributed by atoms with Gasteiger partial charge in [0.25, 0.3) is 5.78 Å². The fourth-order valence-electron chi connectivity index (χ4n) is 3.59. The molecule has 2 fully saturated rings. The van der Waals surface area contributed by atoms with Crippen LogP contribution in [-0.2, 0) is 6.18 Å². The SMILES string of the molecule is FC(F)(F)c1cc(N2C[C@@H]3CCC[C@H]3C2)n2ncnc2n1. The predicted molar refractivity (Wildman–Crippen MR) is 68.8 cm³/mol. The lowest BCUT2D eigenvalue weighted by Crippen LogP contribution is -2.25. The van der Waals surface area contributed by atoms with E-state index in [-0.39, 0.29) is 5.78 Å². The summed E-state index contributed by atoms with van der Waals surface area (Å²) in [7, 11) is 0. The van der Waals surface area contributed by atoms with Gasteiger partial charge in [0.2, 0.25) is 0 Å². The van der Waals surface area contributed by atoms with Gasteiger partial charge in [-0.25, -0.2) is 4.98 Å². The predicted octanol–water partition coefficient (Wildman–Crippen LogP) is 2.38. The van der Waals surface area contributed by atoms with Crippen molar-refractivity contribution in [3.63, 3.8) is 0 Å². The molecule has 112 valence electrons. The van der Waals surface area contributed by atoms with Gasteiger partial charge in [-0.15, -0.1) is 0 Å². The van der Waals surface area contributed by atoms with Gasteiger partial charge in [-0.3, -0.25) is 0 Å². The summed E-state index contributed by atoms with van der Waals surface area (Å²) in [6.45, 7) is 1.59. The van der Waals surface area contributed by atoms with Crippen LogP contribution in [0.4, 0.5) is 19.0 Å². The molecule has 1 saturated carbocycles. The zero-order chi connectivity index (χ0) is 14.6. The first-order chi connectivity index (χ1) is 10.0. The number of rotatable bonds is 1. The van der Waals surface area contributed by atoms with Crippen molar-refractivity contribution in [2.24, 2.45) is 11.8 Å². The first-order valence-electron chi connectivity index (χ1n) is 7.05. The van der Waals surface area contributed by atoms with Gasteiger partial charge in [0.15, 0.2) is 5.69 Å². The van der Waals surface area contributed by atoms with E-state index in [1.807, 2.05) is 4.90 Å². The molecule has 21 heavy (non-hydrogen) atoms. The van der Waals surface area contributed by atoms with E-state index in [9.17, 15) is 13.2 Å². The summed E-state index contributed by atoms with van der Waals surface area (Å²) in [5.74, 6) is 1.62. The van der Waals surface area contributed by atoms with E-state index in [1.54, 1.807) is 0 Å². The lowest BCUT2D eigenvalue weighted by Gasteiger charge is -2.21. The van der Waals surface area contributed by atoms with Crippen molar-refractivity contribution < 1.29 is 13.2 Å². The second-order valence-electron chi connectivity index (χ2n) is 5.83. The summed E-state index contributed by atoms with van der Waals surface area (Å²) in [6.07, 6.45) is 0.324. The largest absolute Gasteiger partial charge is 0.433 e. The lowest BCUT2D eigenvalue weighted by atomic mass is 10.0. The standard InChI is InChI=1S/C13H14F3N5/c14-13(15,16)10-4-11(21-12(19-10)17-7-18-21)20-5-8-2-1-3-9(8)6-20/h4,7-9H,1-3,5-6H2/t8-,9-/m0/s1. The Labute approximate surface area is 118 Å². The van der Waals surface area contributed by atoms with Crippen molar-refractivity contribution in [2.45, 2.75) is 25.4 Å². The maximum absolute atomic E-state index is 13.0. The number of fused-ring (bicyclic) bond motifs is 2. The molecule has 0 bridgehead atoms. The average molecular weight is 297 g/mol. The summed E-state index contributed by atoms with van der Waals surface area (Å²) in [4.78, 5) is 9.35. The lowest BCUT2D eigenvalue weighted by molar-refractivity contribution is -0.141. The summed E-state index contributed by atoms with van der Waals surface area (Å²) in [5, 5.41) is 4.01. The quantitative estimate of drug-likeness (QED) is 0.811. The first kappa shape index (κ1) is 12.8. The third kappa shape index (κ3) is 2.04. The van der Waals surface area contributed by atoms with Crippen LogP contribution in [0.5, 0.6) is 0 Å². The molecule has 0 aromatic carbocycles. The van der Waals surface area contributed by atoms with Crippen LogP contribution in [-0.4, -0.2) is 32.7 Å². The second kappa shape index (κ2) is 4.32. The van der Waals surface area contributed by atoms with Crippen LogP contribution in [0.25, 0.3) is 5.78 Å². The van der Waals surface area contributed by atoms with Crippen molar-refractivity contribution in [3.05, 3.63) is 18.1 Å². The molecule has 0 amide bonds. The van der Waals surface area contributed by atoms with Crippen LogP contribution in [0.15, 0.2) is 12.4 Å². The van der Waals surface area contributed by atoms with E-state index in [0.717, 1.165) is 19.2 Å². The molecule has 4 rings (SSSR count).